The van der Waals surface area contributed by atoms with Gasteiger partial charge in [0, 0.05) is 92.7 Å². The maximum atomic E-state index is 13.5. The summed E-state index contributed by atoms with van der Waals surface area (Å²) in [5.41, 5.74) is 5.48. The van der Waals surface area contributed by atoms with Crippen molar-refractivity contribution < 1.29 is 27.5 Å². The molecule has 1 atom stereocenters. The number of pyridine rings is 1. The Morgan fingerprint density at radius 2 is 1.90 bits per heavy atom. The molecule has 0 spiro atoms. The van der Waals surface area contributed by atoms with Crippen LogP contribution in [0.3, 0.4) is 0 Å². The molecule has 10 nitrogen and oxygen atoms in total. The van der Waals surface area contributed by atoms with Crippen LogP contribution in [0.5, 0.6) is 5.75 Å². The number of fused-ring (bicyclic) bond motifs is 1. The molecule has 0 unspecified atom stereocenters. The smallest absolute Gasteiger partial charge is 0.389 e. The fourth-order valence-corrected chi connectivity index (χ4v) is 7.35. The number of imidazole rings is 1. The lowest BCUT2D eigenvalue weighted by molar-refractivity contribution is -0.135. The fourth-order valence-electron chi connectivity index (χ4n) is 6.75. The first-order valence-corrected chi connectivity index (χ1v) is 17.9. The van der Waals surface area contributed by atoms with Crippen molar-refractivity contribution in [2.75, 3.05) is 32.1 Å². The van der Waals surface area contributed by atoms with Gasteiger partial charge in [-0.15, -0.1) is 0 Å². The third-order valence-corrected chi connectivity index (χ3v) is 10.3. The first kappa shape index (κ1) is 37.6. The Balaban J connectivity index is 1.15. The molecule has 0 radical (unpaired) electrons. The molecular formula is C37H40Cl2F3N7O3. The first-order valence-electron chi connectivity index (χ1n) is 17.2. The van der Waals surface area contributed by atoms with E-state index in [1.54, 1.807) is 43.1 Å². The maximum Gasteiger partial charge on any atom is 0.389 e. The molecule has 6 rings (SSSR count). The van der Waals surface area contributed by atoms with E-state index in [4.69, 9.17) is 27.9 Å². The second-order valence-electron chi connectivity index (χ2n) is 13.1. The number of anilines is 1. The largest absolute Gasteiger partial charge is 0.496 e. The predicted octanol–water partition coefficient (Wildman–Crippen LogP) is 7.18. The van der Waals surface area contributed by atoms with E-state index in [2.05, 4.69) is 30.8 Å². The second-order valence-corrected chi connectivity index (χ2v) is 13.8. The SMILES string of the molecule is COc1cc(-c2nccc(-c3cccc(NC(=O)c4nc5c(n4C)CCN(CCCCC(F)(F)F)C5)c3Cl)c2Cl)ccc1CNC[C@@H]1CCC(=O)N1. The Kier molecular flexibility index (Phi) is 11.7. The number of aromatic nitrogens is 3. The topological polar surface area (TPSA) is 113 Å². The van der Waals surface area contributed by atoms with Crippen LogP contribution in [-0.2, 0) is 31.4 Å². The molecule has 0 aliphatic carbocycles. The van der Waals surface area contributed by atoms with Crippen LogP contribution in [0.1, 0.15) is 59.7 Å². The summed E-state index contributed by atoms with van der Waals surface area (Å²) >= 11 is 13.9. The Hall–Kier alpha value is -4.17. The number of unbranched alkanes of at least 4 members (excludes halogenated alkanes) is 1. The molecule has 2 amide bonds. The van der Waals surface area contributed by atoms with Crippen LogP contribution in [-0.4, -0.2) is 70.2 Å². The predicted molar refractivity (Wildman–Crippen MR) is 195 cm³/mol. The highest BCUT2D eigenvalue weighted by molar-refractivity contribution is 6.39. The number of methoxy groups -OCH3 is 1. The lowest BCUT2D eigenvalue weighted by Crippen LogP contribution is -2.35. The van der Waals surface area contributed by atoms with Crippen LogP contribution in [0.25, 0.3) is 22.4 Å². The van der Waals surface area contributed by atoms with Gasteiger partial charge < -0.3 is 25.3 Å². The normalized spacial score (nSPS) is 16.1. The van der Waals surface area contributed by atoms with Crippen molar-refractivity contribution in [2.24, 2.45) is 7.05 Å². The molecular weight excluding hydrogens is 718 g/mol. The molecule has 52 heavy (non-hydrogen) atoms. The number of hydrogen-bond donors (Lipinski definition) is 3. The molecule has 276 valence electrons. The number of ether oxygens (including phenoxy) is 1. The third-order valence-electron chi connectivity index (χ3n) is 9.50. The summed E-state index contributed by atoms with van der Waals surface area (Å²) in [4.78, 5) is 36.3. The highest BCUT2D eigenvalue weighted by Gasteiger charge is 2.28. The zero-order chi connectivity index (χ0) is 37.0. The van der Waals surface area contributed by atoms with Crippen molar-refractivity contribution in [1.29, 1.82) is 0 Å². The number of alkyl halides is 3. The van der Waals surface area contributed by atoms with Gasteiger partial charge in [-0.1, -0.05) is 47.5 Å². The van der Waals surface area contributed by atoms with E-state index in [0.29, 0.717) is 85.3 Å². The standard InChI is InChI=1S/C37H40Cl2F3N7O3/c1-48-29-13-17-49(16-4-3-14-37(40,41)42)21-28(29)46-35(48)36(51)47-27-7-5-6-25(32(27)38)26-12-15-44-34(33(26)39)22-8-9-23(30(18-22)52-2)19-43-20-24-10-11-31(50)45-24/h5-9,12,15,18,24,43H,3-4,10-11,13-14,16-17,19-21H2,1-2H3,(H,45,50)(H,47,51)/t24-/m0/s1. The van der Waals surface area contributed by atoms with Gasteiger partial charge in [-0.25, -0.2) is 4.98 Å². The van der Waals surface area contributed by atoms with Gasteiger partial charge in [0.2, 0.25) is 5.91 Å². The van der Waals surface area contributed by atoms with Gasteiger partial charge in [-0.3, -0.25) is 19.5 Å². The number of nitrogens with one attached hydrogen (secondary N) is 3. The highest BCUT2D eigenvalue weighted by Crippen LogP contribution is 2.41. The second kappa shape index (κ2) is 16.2. The van der Waals surface area contributed by atoms with Gasteiger partial charge in [0.05, 0.1) is 34.2 Å². The molecule has 4 aromatic rings. The van der Waals surface area contributed by atoms with E-state index in [1.807, 2.05) is 24.3 Å². The minimum atomic E-state index is -4.15. The summed E-state index contributed by atoms with van der Waals surface area (Å²) in [5, 5.41) is 9.91. The van der Waals surface area contributed by atoms with Gasteiger partial charge in [-0.2, -0.15) is 13.2 Å². The number of nitrogens with zero attached hydrogens (tertiary/aromatic N) is 4. The molecule has 1 saturated heterocycles. The number of rotatable bonds is 13. The van der Waals surface area contributed by atoms with E-state index in [9.17, 15) is 22.8 Å². The average molecular weight is 759 g/mol. The molecule has 1 fully saturated rings. The molecule has 3 N–H and O–H groups in total. The zero-order valence-electron chi connectivity index (χ0n) is 28.9. The number of carbonyl (C=O) groups excluding carboxylic acids is 2. The van der Waals surface area contributed by atoms with E-state index in [1.165, 1.54) is 0 Å². The lowest BCUT2D eigenvalue weighted by atomic mass is 10.0. The summed E-state index contributed by atoms with van der Waals surface area (Å²) in [5.74, 6) is 0.518. The Labute approximate surface area is 310 Å². The summed E-state index contributed by atoms with van der Waals surface area (Å²) in [7, 11) is 3.39. The van der Waals surface area contributed by atoms with Gasteiger partial charge in [0.25, 0.3) is 5.91 Å². The van der Waals surface area contributed by atoms with Crippen LogP contribution in [0.15, 0.2) is 48.7 Å². The molecule has 4 heterocycles. The van der Waals surface area contributed by atoms with E-state index in [0.717, 1.165) is 28.9 Å². The van der Waals surface area contributed by atoms with Crippen molar-refractivity contribution in [3.8, 4) is 28.1 Å². The Morgan fingerprint density at radius 1 is 1.10 bits per heavy atom. The molecule has 0 saturated carbocycles. The van der Waals surface area contributed by atoms with Crippen molar-refractivity contribution in [1.82, 2.24) is 30.1 Å². The summed E-state index contributed by atoms with van der Waals surface area (Å²) in [6.45, 7) is 2.90. The van der Waals surface area contributed by atoms with Crippen molar-refractivity contribution in [3.05, 3.63) is 81.5 Å². The van der Waals surface area contributed by atoms with E-state index >= 15 is 0 Å². The molecule has 2 aliphatic rings. The average Bonchev–Trinajstić information content (AvgIpc) is 3.69. The molecule has 2 aromatic carbocycles. The maximum absolute atomic E-state index is 13.5. The van der Waals surface area contributed by atoms with Crippen molar-refractivity contribution in [3.63, 3.8) is 0 Å². The van der Waals surface area contributed by atoms with Crippen LogP contribution in [0, 0.1) is 0 Å². The van der Waals surface area contributed by atoms with Gasteiger partial charge in [-0.05, 0) is 44.0 Å². The van der Waals surface area contributed by atoms with Crippen molar-refractivity contribution >= 4 is 40.7 Å². The van der Waals surface area contributed by atoms with Gasteiger partial charge >= 0.3 is 6.18 Å². The van der Waals surface area contributed by atoms with Gasteiger partial charge in [0.15, 0.2) is 5.82 Å². The number of halogens is 5. The van der Waals surface area contributed by atoms with Crippen molar-refractivity contribution in [2.45, 2.75) is 63.8 Å². The molecule has 2 aromatic heterocycles. The Bertz CT molecular complexity index is 1950. The quantitative estimate of drug-likeness (QED) is 0.124. The minimum absolute atomic E-state index is 0.0804. The van der Waals surface area contributed by atoms with Gasteiger partial charge in [0.1, 0.15) is 5.75 Å². The fraction of sp³-hybridized carbons (Fsp3) is 0.405. The Morgan fingerprint density at radius 3 is 2.65 bits per heavy atom. The summed E-state index contributed by atoms with van der Waals surface area (Å²) < 4.78 is 45.1. The molecule has 2 aliphatic heterocycles. The summed E-state index contributed by atoms with van der Waals surface area (Å²) in [6, 6.07) is 12.9. The van der Waals surface area contributed by atoms with Crippen LogP contribution in [0.2, 0.25) is 10.0 Å². The van der Waals surface area contributed by atoms with Crippen LogP contribution >= 0.6 is 23.2 Å². The third kappa shape index (κ3) is 8.71. The van der Waals surface area contributed by atoms with Crippen LogP contribution in [0.4, 0.5) is 18.9 Å². The summed E-state index contributed by atoms with van der Waals surface area (Å²) in [6.07, 6.45) is -0.759. The van der Waals surface area contributed by atoms with E-state index < -0.39 is 18.5 Å². The first-order chi connectivity index (χ1) is 24.9. The van der Waals surface area contributed by atoms with Crippen LogP contribution < -0.4 is 20.7 Å². The number of hydrogen-bond acceptors (Lipinski definition) is 7. The number of benzene rings is 2. The minimum Gasteiger partial charge on any atom is -0.496 e. The number of carbonyl (C=O) groups is 2. The highest BCUT2D eigenvalue weighted by atomic mass is 35.5. The molecule has 0 bridgehead atoms. The lowest BCUT2D eigenvalue weighted by Gasteiger charge is -2.26. The number of amides is 2. The monoisotopic (exact) mass is 757 g/mol. The molecule has 15 heteroatoms. The van der Waals surface area contributed by atoms with E-state index in [-0.39, 0.29) is 29.2 Å². The zero-order valence-corrected chi connectivity index (χ0v) is 30.4.